The summed E-state index contributed by atoms with van der Waals surface area (Å²) < 4.78 is 2.10. The van der Waals surface area contributed by atoms with Gasteiger partial charge >= 0.3 is 0 Å². The molecule has 25 heavy (non-hydrogen) atoms. The van der Waals surface area contributed by atoms with Crippen LogP contribution in [0.15, 0.2) is 36.5 Å². The molecule has 3 aromatic rings. The number of benzene rings is 2. The highest BCUT2D eigenvalue weighted by atomic mass is 16.3. The Hall–Kier alpha value is -3.08. The normalized spacial score (nSPS) is 10.6. The molecule has 124 valence electrons. The number of aliphatic hydroxyl groups is 1. The number of aryl methyl sites for hydroxylation is 3. The second kappa shape index (κ2) is 6.81. The predicted molar refractivity (Wildman–Crippen MR) is 98.0 cm³/mol. The van der Waals surface area contributed by atoms with Crippen molar-refractivity contribution in [1.29, 1.82) is 10.5 Å². The molecule has 0 aliphatic rings. The molecular weight excluding hydrogens is 310 g/mol. The van der Waals surface area contributed by atoms with E-state index in [9.17, 15) is 15.6 Å². The molecule has 3 rings (SSSR count). The molecule has 0 saturated heterocycles. The largest absolute Gasteiger partial charge is 0.396 e. The quantitative estimate of drug-likeness (QED) is 0.785. The fourth-order valence-corrected chi connectivity index (χ4v) is 3.24. The van der Waals surface area contributed by atoms with E-state index in [1.807, 2.05) is 50.4 Å². The van der Waals surface area contributed by atoms with Crippen molar-refractivity contribution >= 4 is 10.9 Å². The fourth-order valence-electron chi connectivity index (χ4n) is 3.24. The maximum absolute atomic E-state index is 9.58. The number of aliphatic hydroxyl groups excluding tert-OH is 1. The first-order chi connectivity index (χ1) is 12.1. The van der Waals surface area contributed by atoms with Gasteiger partial charge in [-0.05, 0) is 43.5 Å². The van der Waals surface area contributed by atoms with Crippen LogP contribution in [0.3, 0.4) is 0 Å². The molecule has 1 heterocycles. The van der Waals surface area contributed by atoms with Crippen LogP contribution in [0.25, 0.3) is 22.0 Å². The molecule has 4 nitrogen and oxygen atoms in total. The summed E-state index contributed by atoms with van der Waals surface area (Å²) in [4.78, 5) is 0. The van der Waals surface area contributed by atoms with Crippen molar-refractivity contribution < 1.29 is 5.11 Å². The van der Waals surface area contributed by atoms with Gasteiger partial charge in [0.1, 0.15) is 6.07 Å². The van der Waals surface area contributed by atoms with Gasteiger partial charge in [0.05, 0.1) is 17.2 Å². The average Bonchev–Trinajstić information content (AvgIpc) is 2.96. The molecule has 0 amide bonds. The van der Waals surface area contributed by atoms with Gasteiger partial charge < -0.3 is 9.67 Å². The topological polar surface area (TPSA) is 72.7 Å². The predicted octanol–water partition coefficient (Wildman–Crippen LogP) is 4.05. The van der Waals surface area contributed by atoms with Gasteiger partial charge in [-0.2, -0.15) is 10.5 Å². The van der Waals surface area contributed by atoms with Gasteiger partial charge in [0, 0.05) is 41.4 Å². The average molecular weight is 329 g/mol. The Kier molecular flexibility index (Phi) is 4.57. The molecule has 0 aliphatic carbocycles. The Morgan fingerprint density at radius 1 is 1.04 bits per heavy atom. The van der Waals surface area contributed by atoms with Crippen LogP contribution >= 0.6 is 0 Å². The smallest absolute Gasteiger partial charge is 0.100 e. The lowest BCUT2D eigenvalue weighted by Gasteiger charge is -2.06. The zero-order chi connectivity index (χ0) is 18.0. The SMILES string of the molecule is Cc1cc2c(cc1C#N)c(-c1cccc(C)c1C#N)cn2CCCO. The molecule has 0 radical (unpaired) electrons. The Labute approximate surface area is 147 Å². The van der Waals surface area contributed by atoms with Gasteiger partial charge in [-0.15, -0.1) is 0 Å². The summed E-state index contributed by atoms with van der Waals surface area (Å²) in [5.41, 5.74) is 6.00. The number of hydrogen-bond acceptors (Lipinski definition) is 3. The minimum absolute atomic E-state index is 0.123. The third kappa shape index (κ3) is 2.89. The molecule has 0 bridgehead atoms. The van der Waals surface area contributed by atoms with Crippen LogP contribution in [0.2, 0.25) is 0 Å². The minimum atomic E-state index is 0.123. The Balaban J connectivity index is 2.34. The first-order valence-electron chi connectivity index (χ1n) is 8.25. The lowest BCUT2D eigenvalue weighted by molar-refractivity contribution is 0.280. The van der Waals surface area contributed by atoms with Crippen LogP contribution in [0.4, 0.5) is 0 Å². The second-order valence-electron chi connectivity index (χ2n) is 6.22. The van der Waals surface area contributed by atoms with Crippen molar-refractivity contribution in [3.63, 3.8) is 0 Å². The van der Waals surface area contributed by atoms with Gasteiger partial charge in [0.25, 0.3) is 0 Å². The lowest BCUT2D eigenvalue weighted by Crippen LogP contribution is -1.98. The number of rotatable bonds is 4. The zero-order valence-corrected chi connectivity index (χ0v) is 14.4. The third-order valence-electron chi connectivity index (χ3n) is 4.58. The van der Waals surface area contributed by atoms with Gasteiger partial charge in [-0.1, -0.05) is 18.2 Å². The molecular formula is C21H19N3O. The van der Waals surface area contributed by atoms with Crippen molar-refractivity contribution in [3.05, 3.63) is 58.8 Å². The molecule has 2 aromatic carbocycles. The highest BCUT2D eigenvalue weighted by Gasteiger charge is 2.16. The monoisotopic (exact) mass is 329 g/mol. The summed E-state index contributed by atoms with van der Waals surface area (Å²) in [5.74, 6) is 0. The van der Waals surface area contributed by atoms with Gasteiger partial charge in [0.2, 0.25) is 0 Å². The Morgan fingerprint density at radius 2 is 1.84 bits per heavy atom. The maximum Gasteiger partial charge on any atom is 0.100 e. The summed E-state index contributed by atoms with van der Waals surface area (Å²) in [6, 6.07) is 14.3. The zero-order valence-electron chi connectivity index (χ0n) is 14.4. The van der Waals surface area contributed by atoms with Crippen LogP contribution in [-0.2, 0) is 6.54 Å². The van der Waals surface area contributed by atoms with Crippen molar-refractivity contribution in [3.8, 4) is 23.3 Å². The maximum atomic E-state index is 9.58. The van der Waals surface area contributed by atoms with E-state index >= 15 is 0 Å². The summed E-state index contributed by atoms with van der Waals surface area (Å²) >= 11 is 0. The van der Waals surface area contributed by atoms with E-state index in [2.05, 4.69) is 16.7 Å². The molecule has 0 fully saturated rings. The van der Waals surface area contributed by atoms with E-state index in [0.29, 0.717) is 24.1 Å². The first kappa shape index (κ1) is 16.8. The number of fused-ring (bicyclic) bond motifs is 1. The number of hydrogen-bond donors (Lipinski definition) is 1. The highest BCUT2D eigenvalue weighted by molar-refractivity contribution is 5.98. The summed E-state index contributed by atoms with van der Waals surface area (Å²) in [6.07, 6.45) is 2.68. The third-order valence-corrected chi connectivity index (χ3v) is 4.58. The van der Waals surface area contributed by atoms with E-state index in [0.717, 1.165) is 33.2 Å². The van der Waals surface area contributed by atoms with E-state index in [-0.39, 0.29) is 6.61 Å². The Morgan fingerprint density at radius 3 is 2.52 bits per heavy atom. The Bertz CT molecular complexity index is 1030. The summed E-state index contributed by atoms with van der Waals surface area (Å²) in [5, 5.41) is 29.1. The van der Waals surface area contributed by atoms with Crippen LogP contribution in [0.5, 0.6) is 0 Å². The number of aromatic nitrogens is 1. The van der Waals surface area contributed by atoms with Gasteiger partial charge in [0.15, 0.2) is 0 Å². The fraction of sp³-hybridized carbons (Fsp3) is 0.238. The highest BCUT2D eigenvalue weighted by Crippen LogP contribution is 2.35. The molecule has 0 spiro atoms. The first-order valence-corrected chi connectivity index (χ1v) is 8.25. The van der Waals surface area contributed by atoms with Crippen molar-refractivity contribution in [2.75, 3.05) is 6.61 Å². The van der Waals surface area contributed by atoms with Crippen LogP contribution in [0, 0.1) is 36.5 Å². The summed E-state index contributed by atoms with van der Waals surface area (Å²) in [7, 11) is 0. The molecule has 1 N–H and O–H groups in total. The molecule has 0 atom stereocenters. The molecule has 4 heteroatoms. The van der Waals surface area contributed by atoms with Crippen LogP contribution < -0.4 is 0 Å². The van der Waals surface area contributed by atoms with E-state index < -0.39 is 0 Å². The molecule has 0 aliphatic heterocycles. The summed E-state index contributed by atoms with van der Waals surface area (Å²) in [6.45, 7) is 4.66. The standard InChI is InChI=1S/C21H19N3O/c1-14-5-3-6-17(19(14)12-23)20-13-24(7-4-8-25)21-9-15(2)16(11-22)10-18(20)21/h3,5-6,9-10,13,25H,4,7-8H2,1-2H3. The molecule has 1 aromatic heterocycles. The van der Waals surface area contributed by atoms with Gasteiger partial charge in [-0.3, -0.25) is 0 Å². The minimum Gasteiger partial charge on any atom is -0.396 e. The second-order valence-corrected chi connectivity index (χ2v) is 6.22. The van der Waals surface area contributed by atoms with E-state index in [4.69, 9.17) is 0 Å². The molecule has 0 saturated carbocycles. The van der Waals surface area contributed by atoms with Crippen LogP contribution in [-0.4, -0.2) is 16.3 Å². The lowest BCUT2D eigenvalue weighted by atomic mass is 9.95. The van der Waals surface area contributed by atoms with Crippen molar-refractivity contribution in [2.45, 2.75) is 26.8 Å². The van der Waals surface area contributed by atoms with Crippen LogP contribution in [0.1, 0.15) is 28.7 Å². The van der Waals surface area contributed by atoms with Crippen molar-refractivity contribution in [1.82, 2.24) is 4.57 Å². The number of nitrogens with zero attached hydrogens (tertiary/aromatic N) is 3. The number of nitriles is 2. The van der Waals surface area contributed by atoms with Crippen molar-refractivity contribution in [2.24, 2.45) is 0 Å². The van der Waals surface area contributed by atoms with E-state index in [1.54, 1.807) is 0 Å². The van der Waals surface area contributed by atoms with Gasteiger partial charge in [-0.25, -0.2) is 0 Å². The molecule has 0 unspecified atom stereocenters. The van der Waals surface area contributed by atoms with E-state index in [1.165, 1.54) is 0 Å².